The first kappa shape index (κ1) is 25.2. The molecule has 2 atom stereocenters. The molecule has 0 spiro atoms. The molecule has 3 aromatic rings. The second-order valence-electron chi connectivity index (χ2n) is 9.86. The summed E-state index contributed by atoms with van der Waals surface area (Å²) >= 11 is 5.20. The molecule has 0 aliphatic heterocycles. The van der Waals surface area contributed by atoms with Crippen LogP contribution in [0.25, 0.3) is 22.0 Å². The molecular formula is C27H39N5S. The number of H-pyrrole nitrogens is 1. The number of hydrogen-bond acceptors (Lipinski definition) is 3. The fraction of sp³-hybridized carbons (Fsp3) is 0.481. The third-order valence-electron chi connectivity index (χ3n) is 6.58. The number of nitrogens with one attached hydrogen (secondary N) is 4. The Morgan fingerprint density at radius 2 is 1.82 bits per heavy atom. The molecule has 5 nitrogen and oxygen atoms in total. The molecule has 0 fully saturated rings. The van der Waals surface area contributed by atoms with Crippen LogP contribution in [0.5, 0.6) is 0 Å². The number of unbranched alkanes of at least 4 members (excludes halogenated alkanes) is 1. The minimum absolute atomic E-state index is 0.227. The molecule has 0 aliphatic carbocycles. The van der Waals surface area contributed by atoms with Gasteiger partial charge in [-0.15, -0.1) is 0 Å². The molecule has 4 N–H and O–H groups in total. The largest absolute Gasteiger partial charge is 0.366 e. The van der Waals surface area contributed by atoms with E-state index in [1.807, 2.05) is 14.1 Å². The first-order valence-corrected chi connectivity index (χ1v) is 12.4. The second kappa shape index (κ2) is 11.6. The second-order valence-corrected chi connectivity index (χ2v) is 10.3. The first-order valence-electron chi connectivity index (χ1n) is 12.0. The van der Waals surface area contributed by atoms with Crippen molar-refractivity contribution < 1.29 is 0 Å². The summed E-state index contributed by atoms with van der Waals surface area (Å²) in [5, 5.41) is 20.9. The highest BCUT2D eigenvalue weighted by Crippen LogP contribution is 2.30. The minimum atomic E-state index is 0.227. The summed E-state index contributed by atoms with van der Waals surface area (Å²) in [7, 11) is 3.89. The van der Waals surface area contributed by atoms with Gasteiger partial charge in [0, 0.05) is 19.2 Å². The van der Waals surface area contributed by atoms with Crippen LogP contribution in [0.1, 0.15) is 58.2 Å². The van der Waals surface area contributed by atoms with Crippen LogP contribution in [-0.2, 0) is 0 Å². The maximum atomic E-state index is 5.20. The quantitative estimate of drug-likeness (QED) is 0.213. The van der Waals surface area contributed by atoms with E-state index in [0.29, 0.717) is 5.92 Å². The standard InChI is InChI=1S/C27H39N5S/c1-19(10-8-9-15-27(2,3)18-30-26(33)29-5)25(28-4)24-17-23(31-32-24)22-14-13-20-11-6-7-12-21(20)16-22/h6-7,11-14,16-17,19,25,28H,8-10,15,18H2,1-5H3,(H,31,32)(H2,29,30,33)/t19?,25-/m0/s1. The number of aromatic amines is 1. The van der Waals surface area contributed by atoms with Crippen molar-refractivity contribution in [3.8, 4) is 11.3 Å². The van der Waals surface area contributed by atoms with Crippen molar-refractivity contribution >= 4 is 28.1 Å². The summed E-state index contributed by atoms with van der Waals surface area (Å²) in [5.41, 5.74) is 3.52. The zero-order chi connectivity index (χ0) is 23.8. The minimum Gasteiger partial charge on any atom is -0.366 e. The predicted octanol–water partition coefficient (Wildman–Crippen LogP) is 5.81. The van der Waals surface area contributed by atoms with Gasteiger partial charge in [-0.3, -0.25) is 5.10 Å². The van der Waals surface area contributed by atoms with Gasteiger partial charge in [0.05, 0.1) is 17.4 Å². The Hall–Kier alpha value is -2.44. The van der Waals surface area contributed by atoms with Gasteiger partial charge in [0.2, 0.25) is 0 Å². The fourth-order valence-corrected chi connectivity index (χ4v) is 4.54. The van der Waals surface area contributed by atoms with Gasteiger partial charge in [-0.25, -0.2) is 0 Å². The molecule has 0 aliphatic rings. The zero-order valence-electron chi connectivity index (χ0n) is 20.7. The van der Waals surface area contributed by atoms with Crippen LogP contribution in [0, 0.1) is 11.3 Å². The van der Waals surface area contributed by atoms with E-state index >= 15 is 0 Å². The number of nitrogens with zero attached hydrogens (tertiary/aromatic N) is 1. The van der Waals surface area contributed by atoms with Gasteiger partial charge in [0.25, 0.3) is 0 Å². The number of benzene rings is 2. The number of rotatable bonds is 11. The van der Waals surface area contributed by atoms with Crippen molar-refractivity contribution in [2.75, 3.05) is 20.6 Å². The third-order valence-corrected chi connectivity index (χ3v) is 6.92. The molecule has 178 valence electrons. The van der Waals surface area contributed by atoms with Crippen molar-refractivity contribution in [1.29, 1.82) is 0 Å². The van der Waals surface area contributed by atoms with E-state index in [-0.39, 0.29) is 11.5 Å². The maximum Gasteiger partial charge on any atom is 0.166 e. The monoisotopic (exact) mass is 465 g/mol. The highest BCUT2D eigenvalue weighted by Gasteiger charge is 2.21. The summed E-state index contributed by atoms with van der Waals surface area (Å²) in [4.78, 5) is 0. The van der Waals surface area contributed by atoms with Gasteiger partial charge in [0.15, 0.2) is 5.11 Å². The fourth-order valence-electron chi connectivity index (χ4n) is 4.47. The van der Waals surface area contributed by atoms with Gasteiger partial charge in [-0.05, 0) is 66.3 Å². The Labute approximate surface area is 204 Å². The zero-order valence-corrected chi connectivity index (χ0v) is 21.5. The number of aromatic nitrogens is 2. The lowest BCUT2D eigenvalue weighted by Crippen LogP contribution is -2.38. The summed E-state index contributed by atoms with van der Waals surface area (Å²) in [6.45, 7) is 7.83. The van der Waals surface area contributed by atoms with E-state index in [9.17, 15) is 0 Å². The molecule has 6 heteroatoms. The summed E-state index contributed by atoms with van der Waals surface area (Å²) in [5.74, 6) is 0.512. The molecule has 0 saturated carbocycles. The molecule has 1 aromatic heterocycles. The molecule has 0 bridgehead atoms. The summed E-state index contributed by atoms with van der Waals surface area (Å²) in [6, 6.07) is 17.4. The molecule has 0 amide bonds. The van der Waals surface area contributed by atoms with Gasteiger partial charge < -0.3 is 16.0 Å². The van der Waals surface area contributed by atoms with Gasteiger partial charge in [-0.2, -0.15) is 5.10 Å². The molecule has 1 unspecified atom stereocenters. The van der Waals surface area contributed by atoms with Crippen molar-refractivity contribution in [2.24, 2.45) is 11.3 Å². The number of thiocarbonyl (C=S) groups is 1. The Bertz CT molecular complexity index is 1040. The highest BCUT2D eigenvalue weighted by molar-refractivity contribution is 7.80. The predicted molar refractivity (Wildman–Crippen MR) is 144 cm³/mol. The van der Waals surface area contributed by atoms with Gasteiger partial charge in [-0.1, -0.05) is 70.0 Å². The third kappa shape index (κ3) is 7.02. The van der Waals surface area contributed by atoms with E-state index in [1.54, 1.807) is 0 Å². The molecular weight excluding hydrogens is 426 g/mol. The van der Waals surface area contributed by atoms with E-state index in [4.69, 9.17) is 12.2 Å². The first-order chi connectivity index (χ1) is 15.8. The average Bonchev–Trinajstić information content (AvgIpc) is 3.30. The smallest absolute Gasteiger partial charge is 0.166 e. The normalized spacial score (nSPS) is 13.6. The SMILES string of the molecule is CNC(=S)NCC(C)(C)CCCCC(C)[C@H](NC)c1cc(-c2ccc3ccccc3c2)n[nH]1. The van der Waals surface area contributed by atoms with Crippen LogP contribution >= 0.6 is 12.2 Å². The lowest BCUT2D eigenvalue weighted by atomic mass is 9.85. The molecule has 0 radical (unpaired) electrons. The Morgan fingerprint density at radius 3 is 2.55 bits per heavy atom. The lowest BCUT2D eigenvalue weighted by Gasteiger charge is -2.26. The van der Waals surface area contributed by atoms with Crippen molar-refractivity contribution in [1.82, 2.24) is 26.1 Å². The Kier molecular flexibility index (Phi) is 8.87. The molecule has 0 saturated heterocycles. The van der Waals surface area contributed by atoms with Crippen LogP contribution in [0.15, 0.2) is 48.5 Å². The van der Waals surface area contributed by atoms with E-state index in [0.717, 1.165) is 28.6 Å². The van der Waals surface area contributed by atoms with Gasteiger partial charge in [0.1, 0.15) is 0 Å². The topological polar surface area (TPSA) is 64.8 Å². The van der Waals surface area contributed by atoms with Gasteiger partial charge >= 0.3 is 0 Å². The number of fused-ring (bicyclic) bond motifs is 1. The lowest BCUT2D eigenvalue weighted by molar-refractivity contribution is 0.303. The average molecular weight is 466 g/mol. The molecule has 33 heavy (non-hydrogen) atoms. The highest BCUT2D eigenvalue weighted by atomic mass is 32.1. The van der Waals surface area contributed by atoms with Crippen molar-refractivity contribution in [3.05, 3.63) is 54.2 Å². The molecule has 3 rings (SSSR count). The van der Waals surface area contributed by atoms with Crippen molar-refractivity contribution in [2.45, 2.75) is 52.5 Å². The Balaban J connectivity index is 1.54. The van der Waals surface area contributed by atoms with Crippen LogP contribution in [0.4, 0.5) is 0 Å². The molecule has 1 heterocycles. The summed E-state index contributed by atoms with van der Waals surface area (Å²) < 4.78 is 0. The Morgan fingerprint density at radius 1 is 1.06 bits per heavy atom. The van der Waals surface area contributed by atoms with Crippen LogP contribution in [0.3, 0.4) is 0 Å². The molecule has 2 aromatic carbocycles. The van der Waals surface area contributed by atoms with Crippen LogP contribution < -0.4 is 16.0 Å². The van der Waals surface area contributed by atoms with E-state index in [2.05, 4.69) is 95.4 Å². The van der Waals surface area contributed by atoms with Crippen LogP contribution in [-0.4, -0.2) is 35.9 Å². The van der Waals surface area contributed by atoms with Crippen molar-refractivity contribution in [3.63, 3.8) is 0 Å². The van der Waals surface area contributed by atoms with Crippen LogP contribution in [0.2, 0.25) is 0 Å². The summed E-state index contributed by atoms with van der Waals surface area (Å²) in [6.07, 6.45) is 4.78. The van der Waals surface area contributed by atoms with E-state index < -0.39 is 0 Å². The number of hydrogen-bond donors (Lipinski definition) is 4. The maximum absolute atomic E-state index is 5.20. The van der Waals surface area contributed by atoms with E-state index in [1.165, 1.54) is 36.5 Å².